The number of aliphatic hydroxyl groups is 4. The highest BCUT2D eigenvalue weighted by Crippen LogP contribution is 2.30. The lowest BCUT2D eigenvalue weighted by Gasteiger charge is -2.37. The Kier molecular flexibility index (Phi) is 38.7. The molecule has 41 heteroatoms. The minimum Gasteiger partial charge on any atom is -0.394 e. The first kappa shape index (κ1) is 108. The average molecular weight is 1840 g/mol. The fourth-order valence-corrected chi connectivity index (χ4v) is 16.0. The topological polar surface area (TPSA) is 622 Å². The third-order valence-corrected chi connectivity index (χ3v) is 24.3. The average Bonchev–Trinajstić information content (AvgIpc) is 1.67. The van der Waals surface area contributed by atoms with Crippen LogP contribution in [-0.2, 0) is 99.1 Å². The second kappa shape index (κ2) is 46.9. The number of aromatic amines is 1. The first-order chi connectivity index (χ1) is 61.0. The summed E-state index contributed by atoms with van der Waals surface area (Å²) in [6.45, 7) is 24.9. The Hall–Kier alpha value is -11.7. The van der Waals surface area contributed by atoms with Crippen LogP contribution in [0.5, 0.6) is 0 Å². The number of hydrogen-bond donors (Lipinski definition) is 20. The number of rotatable bonds is 47. The monoisotopic (exact) mass is 1840 g/mol. The van der Waals surface area contributed by atoms with E-state index < -0.39 is 269 Å². The smallest absolute Gasteiger partial charge is 0.248 e. The molecule has 17 atom stereocenters. The van der Waals surface area contributed by atoms with Gasteiger partial charge in [-0.3, -0.25) is 86.3 Å². The molecule has 0 spiro atoms. The standard InChI is InChI=1S/C90H139N19O22/c1-19-48(6)68(99-71(117)62(94-51(9)112)40-53-43-93-58-31-26-25-30-57(53)58)78(124)97-60(34-36-67(92)116)73(119)106-90(18,21-3)82(128)101-69(49(7)20-2)79(125)100-70(50(8)111)80(126)105-86(10,11)81(127)98-61(38-47(4)5)74(120)103-89(16,17)84(130)108-44-55(113)41-64(108)76(122)96-59(33-35-66(91)115)72(118)102-88(14,15)85(131)109-45-56(114)42-65(109)77(123)104-87(12,13)83(129)107-37-27-32-63(107)75(121)95-54(46-110)39-52-28-23-22-24-29-52/h22-26,28-31,43,47-50,54-56,59-65,68-70,93,110-111,113-114H,19-21,27,32-42,44-46H2,1-18H3,(H2,91,115)(H2,92,116)(H,94,112)(H,95,121)(H,96,122)(H,97,124)(H,98,127)(H,99,117)(H,100,125)(H,101,128)(H,102,118)(H,103,120)(H,104,123)(H,105,126)(H,106,119)/t48?,49?,50-,54?,55?,56?,59?,60?,61?,62?,63?,64?,65?,68?,69?,70+,90?/m1/s1. The van der Waals surface area contributed by atoms with Gasteiger partial charge in [0, 0.05) is 75.8 Å². The molecule has 15 unspecified atom stereocenters. The summed E-state index contributed by atoms with van der Waals surface area (Å²) in [4.78, 5) is 260. The Labute approximate surface area is 763 Å². The number of nitrogens with two attached hydrogens (primary N) is 2. The lowest BCUT2D eigenvalue weighted by molar-refractivity contribution is -0.148. The molecule has 2 aromatic carbocycles. The van der Waals surface area contributed by atoms with Gasteiger partial charge >= 0.3 is 0 Å². The van der Waals surface area contributed by atoms with Crippen LogP contribution in [0.25, 0.3) is 10.9 Å². The molecule has 0 aliphatic carbocycles. The third-order valence-electron chi connectivity index (χ3n) is 24.3. The Balaban J connectivity index is 1.09. The molecule has 6 rings (SSSR count). The van der Waals surface area contributed by atoms with Crippen LogP contribution in [0.2, 0.25) is 0 Å². The number of carbonyl (C=O) groups excluding carboxylic acids is 18. The molecule has 726 valence electrons. The number of hydrogen-bond acceptors (Lipinski definition) is 22. The minimum atomic E-state index is -1.97. The van der Waals surface area contributed by atoms with E-state index in [-0.39, 0.29) is 57.6 Å². The molecule has 0 saturated carbocycles. The molecular formula is C90H139N19O22. The summed E-state index contributed by atoms with van der Waals surface area (Å²) in [5.74, 6) is -17.3. The van der Waals surface area contributed by atoms with E-state index in [9.17, 15) is 107 Å². The summed E-state index contributed by atoms with van der Waals surface area (Å²) < 4.78 is 0. The van der Waals surface area contributed by atoms with Crippen molar-refractivity contribution in [1.82, 2.24) is 88.8 Å². The molecule has 3 aliphatic heterocycles. The zero-order valence-corrected chi connectivity index (χ0v) is 78.5. The summed E-state index contributed by atoms with van der Waals surface area (Å²) in [5.41, 5.74) is 3.98. The largest absolute Gasteiger partial charge is 0.394 e. The van der Waals surface area contributed by atoms with Crippen molar-refractivity contribution in [3.05, 3.63) is 71.9 Å². The predicted octanol–water partition coefficient (Wildman–Crippen LogP) is -2.33. The Morgan fingerprint density at radius 1 is 0.481 bits per heavy atom. The summed E-state index contributed by atoms with van der Waals surface area (Å²) in [5, 5.41) is 78.4. The quantitative estimate of drug-likeness (QED) is 0.0282. The van der Waals surface area contributed by atoms with Gasteiger partial charge in [-0.15, -0.1) is 0 Å². The number of fused-ring (bicyclic) bond motifs is 1. The molecule has 131 heavy (non-hydrogen) atoms. The van der Waals surface area contributed by atoms with Crippen molar-refractivity contribution >= 4 is 117 Å². The van der Waals surface area contributed by atoms with E-state index in [1.54, 1.807) is 54.7 Å². The molecule has 3 saturated heterocycles. The van der Waals surface area contributed by atoms with Gasteiger partial charge in [0.2, 0.25) is 106 Å². The van der Waals surface area contributed by atoms with Crippen molar-refractivity contribution < 1.29 is 107 Å². The molecule has 22 N–H and O–H groups in total. The maximum atomic E-state index is 14.8. The zero-order chi connectivity index (χ0) is 98.4. The van der Waals surface area contributed by atoms with Crippen LogP contribution in [0.1, 0.15) is 213 Å². The SMILES string of the molecule is CCC(C)C(NC(=O)C(Cc1c[nH]c2ccccc12)NC(C)=O)C(=O)NC(CCC(N)=O)C(=O)NC(C)(CC)C(=O)NC(C(=O)N[C@H](C(=O)NC(C)(C)C(=O)NC(CC(C)C)C(=O)NC(C)(C)C(=O)N1CC(O)CC1C(=O)NC(CCC(N)=O)C(=O)NC(C)(C)C(=O)N1CC(O)CC1C(=O)NC(C)(C)C(=O)N1CCCC1C(=O)NC(CO)Cc1ccccc1)[C@@H](C)O)C(C)CC. The van der Waals surface area contributed by atoms with Crippen molar-refractivity contribution in [3.63, 3.8) is 0 Å². The minimum absolute atomic E-state index is 0.0321. The van der Waals surface area contributed by atoms with Gasteiger partial charge < -0.3 is 121 Å². The van der Waals surface area contributed by atoms with E-state index in [0.717, 1.165) is 26.3 Å². The number of nitrogens with one attached hydrogen (secondary N) is 14. The normalized spacial score (nSPS) is 19.5. The van der Waals surface area contributed by atoms with Gasteiger partial charge in [-0.2, -0.15) is 0 Å². The number of amides is 18. The predicted molar refractivity (Wildman–Crippen MR) is 480 cm³/mol. The van der Waals surface area contributed by atoms with Gasteiger partial charge in [-0.25, -0.2) is 0 Å². The number of benzene rings is 2. The van der Waals surface area contributed by atoms with Crippen LogP contribution < -0.4 is 80.6 Å². The van der Waals surface area contributed by atoms with Crippen molar-refractivity contribution in [3.8, 4) is 0 Å². The summed E-state index contributed by atoms with van der Waals surface area (Å²) in [6.07, 6.45) is -3.60. The maximum Gasteiger partial charge on any atom is 0.248 e. The van der Waals surface area contributed by atoms with Crippen molar-refractivity contribution in [1.29, 1.82) is 0 Å². The molecule has 4 heterocycles. The van der Waals surface area contributed by atoms with Gasteiger partial charge in [0.15, 0.2) is 0 Å². The molecule has 18 amide bonds. The number of primary amides is 2. The second-order valence-corrected chi connectivity index (χ2v) is 37.6. The van der Waals surface area contributed by atoms with Crippen LogP contribution in [-0.4, -0.2) is 285 Å². The number of nitrogens with zero attached hydrogens (tertiary/aromatic N) is 3. The zero-order valence-electron chi connectivity index (χ0n) is 78.5. The van der Waals surface area contributed by atoms with E-state index in [0.29, 0.717) is 31.2 Å². The van der Waals surface area contributed by atoms with E-state index in [1.165, 1.54) is 81.1 Å². The molecule has 0 bridgehead atoms. The van der Waals surface area contributed by atoms with Gasteiger partial charge in [-0.1, -0.05) is 110 Å². The van der Waals surface area contributed by atoms with E-state index in [1.807, 2.05) is 54.6 Å². The van der Waals surface area contributed by atoms with Crippen LogP contribution >= 0.6 is 0 Å². The number of β-amino-alcohol motifs (C(OH)–C–C–N with tert-alkyl or cyclic N) is 2. The number of aromatic nitrogens is 1. The van der Waals surface area contributed by atoms with E-state index in [2.05, 4.69) is 74.1 Å². The molecule has 41 nitrogen and oxygen atoms in total. The maximum absolute atomic E-state index is 14.8. The lowest BCUT2D eigenvalue weighted by atomic mass is 9.92. The number of likely N-dealkylation sites (tertiary alicyclic amines) is 3. The van der Waals surface area contributed by atoms with Gasteiger partial charge in [0.05, 0.1) is 31.0 Å². The van der Waals surface area contributed by atoms with Crippen molar-refractivity contribution in [2.24, 2.45) is 29.2 Å². The first-order valence-electron chi connectivity index (χ1n) is 44.8. The van der Waals surface area contributed by atoms with Gasteiger partial charge in [0.25, 0.3) is 0 Å². The Morgan fingerprint density at radius 2 is 0.954 bits per heavy atom. The lowest BCUT2D eigenvalue weighted by Crippen LogP contribution is -2.66. The van der Waals surface area contributed by atoms with Crippen molar-refractivity contribution in [2.45, 2.75) is 327 Å². The first-order valence-corrected chi connectivity index (χ1v) is 44.8. The van der Waals surface area contributed by atoms with E-state index >= 15 is 0 Å². The number of para-hydroxylation sites is 1. The van der Waals surface area contributed by atoms with Crippen LogP contribution in [0.15, 0.2) is 60.8 Å². The molecular weight excluding hydrogens is 1700 g/mol. The molecule has 3 aliphatic rings. The summed E-state index contributed by atoms with van der Waals surface area (Å²) in [6, 6.07) is 1.48. The number of carbonyl (C=O) groups is 18. The number of H-pyrrole nitrogens is 1. The van der Waals surface area contributed by atoms with Crippen molar-refractivity contribution in [2.75, 3.05) is 26.2 Å². The van der Waals surface area contributed by atoms with Crippen LogP contribution in [0.4, 0.5) is 0 Å². The fourth-order valence-electron chi connectivity index (χ4n) is 16.0. The summed E-state index contributed by atoms with van der Waals surface area (Å²) in [7, 11) is 0. The highest BCUT2D eigenvalue weighted by Gasteiger charge is 2.51. The second-order valence-electron chi connectivity index (χ2n) is 37.6. The van der Waals surface area contributed by atoms with Gasteiger partial charge in [0.1, 0.15) is 88.1 Å². The third kappa shape index (κ3) is 29.6. The van der Waals surface area contributed by atoms with E-state index in [4.69, 9.17) is 11.5 Å². The molecule has 1 aromatic heterocycles. The molecule has 0 radical (unpaired) electrons. The molecule has 3 aromatic rings. The van der Waals surface area contributed by atoms with Crippen LogP contribution in [0, 0.1) is 17.8 Å². The van der Waals surface area contributed by atoms with Gasteiger partial charge in [-0.05, 0) is 149 Å². The Morgan fingerprint density at radius 3 is 1.47 bits per heavy atom. The summed E-state index contributed by atoms with van der Waals surface area (Å²) >= 11 is 0. The fraction of sp³-hybridized carbons (Fsp3) is 0.644. The molecule has 3 fully saturated rings. The number of aliphatic hydroxyl groups excluding tert-OH is 4. The highest BCUT2D eigenvalue weighted by atomic mass is 16.3. The van der Waals surface area contributed by atoms with Crippen LogP contribution in [0.3, 0.4) is 0 Å². The highest BCUT2D eigenvalue weighted by molar-refractivity contribution is 6.04. The Bertz CT molecular complexity index is 4630.